The molecular weight excluding hydrogens is 377 g/mol. The van der Waals surface area contributed by atoms with Crippen LogP contribution in [-0.4, -0.2) is 43.4 Å². The fourth-order valence-corrected chi connectivity index (χ4v) is 4.57. The topological polar surface area (TPSA) is 23.6 Å². The Morgan fingerprint density at radius 1 is 0.966 bits per heavy atom. The van der Waals surface area contributed by atoms with Gasteiger partial charge in [0.05, 0.1) is 5.56 Å². The fourth-order valence-electron chi connectivity index (χ4n) is 4.57. The molecule has 4 rings (SSSR count). The maximum absolute atomic E-state index is 13.9. The van der Waals surface area contributed by atoms with Gasteiger partial charge in [0.25, 0.3) is 0 Å². The Kier molecular flexibility index (Phi) is 5.63. The molecule has 2 aliphatic heterocycles. The van der Waals surface area contributed by atoms with Gasteiger partial charge in [-0.05, 0) is 62.0 Å². The maximum Gasteiger partial charge on any atom is 0.417 e. The molecule has 0 unspecified atom stereocenters. The fraction of sp³-hybridized carbons (Fsp3) is 0.435. The van der Waals surface area contributed by atoms with Crippen LogP contribution in [0, 0.1) is 0 Å². The zero-order valence-corrected chi connectivity index (χ0v) is 16.3. The Labute approximate surface area is 169 Å². The first kappa shape index (κ1) is 20.0. The molecule has 1 atom stereocenters. The third kappa shape index (κ3) is 4.32. The predicted molar refractivity (Wildman–Crippen MR) is 108 cm³/mol. The number of hydrogen-bond acceptors (Lipinski definition) is 3. The summed E-state index contributed by atoms with van der Waals surface area (Å²) in [6.07, 6.45) is 0.691. The van der Waals surface area contributed by atoms with Crippen molar-refractivity contribution >= 4 is 12.0 Å². The molecule has 2 saturated heterocycles. The van der Waals surface area contributed by atoms with Crippen molar-refractivity contribution in [1.29, 1.82) is 0 Å². The highest BCUT2D eigenvalue weighted by atomic mass is 19.4. The molecular formula is C23H25F3N2O. The van der Waals surface area contributed by atoms with Crippen LogP contribution in [0.15, 0.2) is 42.5 Å². The first-order chi connectivity index (χ1) is 14.0. The van der Waals surface area contributed by atoms with E-state index < -0.39 is 11.7 Å². The summed E-state index contributed by atoms with van der Waals surface area (Å²) in [5.41, 5.74) is 1.08. The van der Waals surface area contributed by atoms with E-state index in [1.165, 1.54) is 18.9 Å². The van der Waals surface area contributed by atoms with E-state index in [9.17, 15) is 18.0 Å². The van der Waals surface area contributed by atoms with Gasteiger partial charge in [-0.15, -0.1) is 0 Å². The maximum atomic E-state index is 13.9. The first-order valence-electron chi connectivity index (χ1n) is 10.2. The lowest BCUT2D eigenvalue weighted by Crippen LogP contribution is -2.39. The summed E-state index contributed by atoms with van der Waals surface area (Å²) < 4.78 is 41.7. The molecule has 2 fully saturated rings. The van der Waals surface area contributed by atoms with Gasteiger partial charge in [0, 0.05) is 30.4 Å². The molecule has 2 aromatic carbocycles. The van der Waals surface area contributed by atoms with Crippen LogP contribution >= 0.6 is 0 Å². The minimum absolute atomic E-state index is 0.147. The molecule has 154 valence electrons. The summed E-state index contributed by atoms with van der Waals surface area (Å²) in [7, 11) is 0. The number of carbonyl (C=O) groups excluding carboxylic acids is 1. The van der Waals surface area contributed by atoms with Crippen molar-refractivity contribution in [3.05, 3.63) is 53.6 Å². The van der Waals surface area contributed by atoms with Gasteiger partial charge in [0.15, 0.2) is 0 Å². The van der Waals surface area contributed by atoms with E-state index in [1.54, 1.807) is 36.4 Å². The number of anilines is 1. The minimum atomic E-state index is -4.45. The van der Waals surface area contributed by atoms with Gasteiger partial charge >= 0.3 is 6.18 Å². The Morgan fingerprint density at radius 3 is 2.34 bits per heavy atom. The largest absolute Gasteiger partial charge is 0.417 e. The molecule has 0 aliphatic carbocycles. The Morgan fingerprint density at radius 2 is 1.69 bits per heavy atom. The molecule has 0 N–H and O–H groups in total. The first-order valence-corrected chi connectivity index (χ1v) is 10.2. The third-order valence-corrected chi connectivity index (χ3v) is 6.04. The quantitative estimate of drug-likeness (QED) is 0.639. The van der Waals surface area contributed by atoms with Crippen molar-refractivity contribution in [1.82, 2.24) is 4.90 Å². The highest BCUT2D eigenvalue weighted by Crippen LogP contribution is 2.40. The SMILES string of the molecule is O=Cc1ccc(-c2ccc(N3CCC[C@H]3CN3CCCC3)cc2C(F)(F)F)cc1. The lowest BCUT2D eigenvalue weighted by Gasteiger charge is -2.31. The highest BCUT2D eigenvalue weighted by Gasteiger charge is 2.35. The van der Waals surface area contributed by atoms with Crippen LogP contribution in [0.4, 0.5) is 18.9 Å². The number of carbonyl (C=O) groups is 1. The van der Waals surface area contributed by atoms with Crippen molar-refractivity contribution in [2.75, 3.05) is 31.1 Å². The van der Waals surface area contributed by atoms with Gasteiger partial charge in [0.1, 0.15) is 6.29 Å². The van der Waals surface area contributed by atoms with Crippen LogP contribution in [-0.2, 0) is 6.18 Å². The molecule has 0 amide bonds. The van der Waals surface area contributed by atoms with E-state index in [1.807, 2.05) is 0 Å². The van der Waals surface area contributed by atoms with Crippen molar-refractivity contribution in [3.8, 4) is 11.1 Å². The molecule has 2 aromatic rings. The third-order valence-electron chi connectivity index (χ3n) is 6.04. The zero-order chi connectivity index (χ0) is 20.4. The van der Waals surface area contributed by atoms with E-state index in [2.05, 4.69) is 9.80 Å². The van der Waals surface area contributed by atoms with Crippen LogP contribution in [0.5, 0.6) is 0 Å². The van der Waals surface area contributed by atoms with Crippen molar-refractivity contribution < 1.29 is 18.0 Å². The molecule has 2 heterocycles. The van der Waals surface area contributed by atoms with Gasteiger partial charge in [0.2, 0.25) is 0 Å². The van der Waals surface area contributed by atoms with E-state index >= 15 is 0 Å². The van der Waals surface area contributed by atoms with Crippen LogP contribution in [0.1, 0.15) is 41.6 Å². The average Bonchev–Trinajstić information content (AvgIpc) is 3.39. The van der Waals surface area contributed by atoms with E-state index in [0.717, 1.165) is 39.0 Å². The molecule has 3 nitrogen and oxygen atoms in total. The molecule has 0 radical (unpaired) electrons. The number of aldehydes is 1. The number of likely N-dealkylation sites (tertiary alicyclic amines) is 1. The predicted octanol–water partition coefficient (Wildman–Crippen LogP) is 5.25. The summed E-state index contributed by atoms with van der Waals surface area (Å²) in [4.78, 5) is 15.4. The van der Waals surface area contributed by atoms with Gasteiger partial charge in [-0.2, -0.15) is 13.2 Å². The van der Waals surface area contributed by atoms with Crippen molar-refractivity contribution in [3.63, 3.8) is 0 Å². The number of alkyl halides is 3. The van der Waals surface area contributed by atoms with Crippen molar-refractivity contribution in [2.24, 2.45) is 0 Å². The summed E-state index contributed by atoms with van der Waals surface area (Å²) in [6.45, 7) is 3.90. The van der Waals surface area contributed by atoms with E-state index in [-0.39, 0.29) is 11.6 Å². The summed E-state index contributed by atoms with van der Waals surface area (Å²) in [5, 5.41) is 0. The molecule has 2 aliphatic rings. The Balaban J connectivity index is 1.65. The number of hydrogen-bond donors (Lipinski definition) is 0. The highest BCUT2D eigenvalue weighted by molar-refractivity contribution is 5.78. The smallest absolute Gasteiger partial charge is 0.367 e. The summed E-state index contributed by atoms with van der Waals surface area (Å²) in [5.74, 6) is 0. The van der Waals surface area contributed by atoms with E-state index in [4.69, 9.17) is 0 Å². The minimum Gasteiger partial charge on any atom is -0.367 e. The Hall–Kier alpha value is -2.34. The van der Waals surface area contributed by atoms with Crippen LogP contribution < -0.4 is 4.90 Å². The number of benzene rings is 2. The monoisotopic (exact) mass is 402 g/mol. The Bertz CT molecular complexity index is 857. The molecule has 29 heavy (non-hydrogen) atoms. The van der Waals surface area contributed by atoms with Crippen LogP contribution in [0.2, 0.25) is 0 Å². The molecule has 0 bridgehead atoms. The summed E-state index contributed by atoms with van der Waals surface area (Å²) >= 11 is 0. The van der Waals surface area contributed by atoms with Gasteiger partial charge in [-0.25, -0.2) is 0 Å². The van der Waals surface area contributed by atoms with Crippen LogP contribution in [0.25, 0.3) is 11.1 Å². The van der Waals surface area contributed by atoms with E-state index in [0.29, 0.717) is 23.1 Å². The van der Waals surface area contributed by atoms with Gasteiger partial charge in [-0.1, -0.05) is 30.3 Å². The van der Waals surface area contributed by atoms with Crippen LogP contribution in [0.3, 0.4) is 0 Å². The summed E-state index contributed by atoms with van der Waals surface area (Å²) in [6, 6.07) is 11.2. The van der Waals surface area contributed by atoms with Crippen molar-refractivity contribution in [2.45, 2.75) is 37.9 Å². The molecule has 0 saturated carbocycles. The lowest BCUT2D eigenvalue weighted by molar-refractivity contribution is -0.137. The average molecular weight is 402 g/mol. The molecule has 6 heteroatoms. The second-order valence-corrected chi connectivity index (χ2v) is 7.96. The van der Waals surface area contributed by atoms with Gasteiger partial charge < -0.3 is 9.80 Å². The molecule has 0 aromatic heterocycles. The standard InChI is InChI=1S/C23H25F3N2O/c24-23(25,26)22-14-19(9-10-21(22)18-7-5-17(16-29)6-8-18)28-13-3-4-20(28)15-27-11-1-2-12-27/h5-10,14,16,20H,1-4,11-13,15H2/t20-/m0/s1. The number of nitrogens with zero attached hydrogens (tertiary/aromatic N) is 2. The zero-order valence-electron chi connectivity index (χ0n) is 16.3. The normalized spacial score (nSPS) is 20.4. The second kappa shape index (κ2) is 8.19. The molecule has 0 spiro atoms. The number of halogens is 3. The second-order valence-electron chi connectivity index (χ2n) is 7.96. The van der Waals surface area contributed by atoms with Gasteiger partial charge in [-0.3, -0.25) is 4.79 Å². The number of rotatable bonds is 5. The lowest BCUT2D eigenvalue weighted by atomic mass is 9.97.